The summed E-state index contributed by atoms with van der Waals surface area (Å²) in [5.41, 5.74) is -0.0389. The van der Waals surface area contributed by atoms with Crippen LogP contribution < -0.4 is 5.32 Å². The molecule has 3 atom stereocenters. The minimum atomic E-state index is -1.33. The van der Waals surface area contributed by atoms with Crippen LogP contribution in [0, 0.1) is 10.1 Å². The number of nitrogens with zero attached hydrogens (tertiary/aromatic N) is 1. The monoisotopic (exact) mass is 282 g/mol. The fraction of sp³-hybridized carbons (Fsp3) is 0.538. The van der Waals surface area contributed by atoms with Gasteiger partial charge in [0.2, 0.25) is 0 Å². The van der Waals surface area contributed by atoms with Gasteiger partial charge in [0.15, 0.2) is 0 Å². The molecule has 1 N–H and O–H groups in total. The fourth-order valence-corrected chi connectivity index (χ4v) is 4.42. The lowest BCUT2D eigenvalue weighted by Gasteiger charge is -2.19. The summed E-state index contributed by atoms with van der Waals surface area (Å²) in [5.74, 6) is 0. The SMILES string of the molecule is CCNC1CCCC1S(=O)c1ccccc1[N+](=O)[O-]. The molecule has 1 aromatic rings. The summed E-state index contributed by atoms with van der Waals surface area (Å²) in [7, 11) is -1.33. The third-order valence-electron chi connectivity index (χ3n) is 3.47. The first-order valence-electron chi connectivity index (χ1n) is 6.52. The molecule has 1 aliphatic rings. The molecule has 1 aliphatic carbocycles. The van der Waals surface area contributed by atoms with E-state index in [0.29, 0.717) is 4.90 Å². The predicted octanol–water partition coefficient (Wildman–Crippen LogP) is 2.23. The van der Waals surface area contributed by atoms with Crippen LogP contribution in [0.2, 0.25) is 0 Å². The van der Waals surface area contributed by atoms with Gasteiger partial charge in [-0.2, -0.15) is 0 Å². The van der Waals surface area contributed by atoms with Crippen molar-refractivity contribution in [2.45, 2.75) is 42.4 Å². The third-order valence-corrected chi connectivity index (χ3v) is 5.37. The van der Waals surface area contributed by atoms with E-state index in [4.69, 9.17) is 0 Å². The lowest BCUT2D eigenvalue weighted by Crippen LogP contribution is -2.38. The molecule has 0 spiro atoms. The Morgan fingerprint density at radius 2 is 2.16 bits per heavy atom. The van der Waals surface area contributed by atoms with E-state index in [1.165, 1.54) is 6.07 Å². The number of benzene rings is 1. The van der Waals surface area contributed by atoms with Gasteiger partial charge in [-0.1, -0.05) is 25.5 Å². The van der Waals surface area contributed by atoms with Gasteiger partial charge in [-0.3, -0.25) is 14.3 Å². The summed E-state index contributed by atoms with van der Waals surface area (Å²) in [6.07, 6.45) is 2.87. The van der Waals surface area contributed by atoms with Crippen molar-refractivity contribution in [2.75, 3.05) is 6.54 Å². The van der Waals surface area contributed by atoms with Gasteiger partial charge in [0.1, 0.15) is 4.90 Å². The molecule has 2 rings (SSSR count). The molecule has 0 heterocycles. The van der Waals surface area contributed by atoms with Crippen molar-refractivity contribution in [1.82, 2.24) is 5.32 Å². The average molecular weight is 282 g/mol. The summed E-state index contributed by atoms with van der Waals surface area (Å²) in [6.45, 7) is 2.85. The van der Waals surface area contributed by atoms with E-state index >= 15 is 0 Å². The molecule has 0 aliphatic heterocycles. The Bertz CT molecular complexity index is 493. The fourth-order valence-electron chi connectivity index (χ4n) is 2.62. The zero-order chi connectivity index (χ0) is 13.8. The van der Waals surface area contributed by atoms with Gasteiger partial charge in [-0.15, -0.1) is 0 Å². The Labute approximate surface area is 115 Å². The quantitative estimate of drug-likeness (QED) is 0.664. The summed E-state index contributed by atoms with van der Waals surface area (Å²) < 4.78 is 12.6. The summed E-state index contributed by atoms with van der Waals surface area (Å²) in [5, 5.41) is 14.3. The van der Waals surface area contributed by atoms with Crippen LogP contribution in [0.1, 0.15) is 26.2 Å². The normalized spacial score (nSPS) is 24.3. The Morgan fingerprint density at radius 1 is 1.42 bits per heavy atom. The maximum Gasteiger partial charge on any atom is 0.285 e. The molecule has 0 saturated heterocycles. The molecule has 1 aromatic carbocycles. The molecule has 3 unspecified atom stereocenters. The molecule has 1 saturated carbocycles. The van der Waals surface area contributed by atoms with Crippen LogP contribution in [-0.2, 0) is 10.8 Å². The van der Waals surface area contributed by atoms with Gasteiger partial charge in [0.25, 0.3) is 5.69 Å². The maximum absolute atomic E-state index is 12.6. The molecule has 1 fully saturated rings. The van der Waals surface area contributed by atoms with E-state index < -0.39 is 15.7 Å². The highest BCUT2D eigenvalue weighted by atomic mass is 32.2. The van der Waals surface area contributed by atoms with Crippen molar-refractivity contribution in [1.29, 1.82) is 0 Å². The Hall–Kier alpha value is -1.27. The minimum Gasteiger partial charge on any atom is -0.313 e. The Balaban J connectivity index is 2.26. The highest BCUT2D eigenvalue weighted by molar-refractivity contribution is 7.86. The first-order chi connectivity index (χ1) is 9.15. The van der Waals surface area contributed by atoms with E-state index in [9.17, 15) is 14.3 Å². The highest BCUT2D eigenvalue weighted by Crippen LogP contribution is 2.31. The molecule has 19 heavy (non-hydrogen) atoms. The van der Waals surface area contributed by atoms with Gasteiger partial charge in [-0.05, 0) is 25.5 Å². The minimum absolute atomic E-state index is 0.0268. The van der Waals surface area contributed by atoms with Crippen molar-refractivity contribution in [3.05, 3.63) is 34.4 Å². The first-order valence-corrected chi connectivity index (χ1v) is 7.73. The molecule has 5 nitrogen and oxygen atoms in total. The molecule has 104 valence electrons. The van der Waals surface area contributed by atoms with Crippen molar-refractivity contribution in [3.63, 3.8) is 0 Å². The zero-order valence-electron chi connectivity index (χ0n) is 10.9. The van der Waals surface area contributed by atoms with Gasteiger partial charge in [-0.25, -0.2) is 0 Å². The van der Waals surface area contributed by atoms with E-state index in [-0.39, 0.29) is 17.0 Å². The average Bonchev–Trinajstić information content (AvgIpc) is 2.86. The van der Waals surface area contributed by atoms with E-state index in [0.717, 1.165) is 25.8 Å². The van der Waals surface area contributed by atoms with Crippen molar-refractivity contribution in [2.24, 2.45) is 0 Å². The number of rotatable bonds is 5. The van der Waals surface area contributed by atoms with Crippen molar-refractivity contribution in [3.8, 4) is 0 Å². The number of nitrogens with one attached hydrogen (secondary N) is 1. The highest BCUT2D eigenvalue weighted by Gasteiger charge is 2.34. The molecule has 0 aromatic heterocycles. The standard InChI is InChI=1S/C13H18N2O3S/c1-2-14-10-6-5-9-12(10)19(18)13-8-4-3-7-11(13)15(16)17/h3-4,7-8,10,12,14H,2,5-6,9H2,1H3. The molecule has 0 bridgehead atoms. The predicted molar refractivity (Wildman–Crippen MR) is 74.6 cm³/mol. The van der Waals surface area contributed by atoms with Gasteiger partial charge < -0.3 is 5.32 Å². The summed E-state index contributed by atoms with van der Waals surface area (Å²) in [4.78, 5) is 10.9. The molecular weight excluding hydrogens is 264 g/mol. The van der Waals surface area contributed by atoms with E-state index in [1.807, 2.05) is 6.92 Å². The van der Waals surface area contributed by atoms with E-state index in [2.05, 4.69) is 5.32 Å². The summed E-state index contributed by atoms with van der Waals surface area (Å²) in [6, 6.07) is 6.54. The topological polar surface area (TPSA) is 72.2 Å². The number of para-hydroxylation sites is 1. The second-order valence-corrected chi connectivity index (χ2v) is 6.30. The van der Waals surface area contributed by atoms with Gasteiger partial charge >= 0.3 is 0 Å². The lowest BCUT2D eigenvalue weighted by atomic mass is 10.2. The van der Waals surface area contributed by atoms with Crippen LogP contribution in [0.15, 0.2) is 29.2 Å². The molecular formula is C13H18N2O3S. The van der Waals surface area contributed by atoms with Crippen LogP contribution in [-0.4, -0.2) is 27.0 Å². The number of nitro groups is 1. The Morgan fingerprint density at radius 3 is 2.84 bits per heavy atom. The zero-order valence-corrected chi connectivity index (χ0v) is 11.7. The maximum atomic E-state index is 12.6. The van der Waals surface area contributed by atoms with Crippen LogP contribution >= 0.6 is 0 Å². The number of hydrogen-bond acceptors (Lipinski definition) is 4. The second-order valence-electron chi connectivity index (χ2n) is 4.66. The molecule has 6 heteroatoms. The Kier molecular flexibility index (Phi) is 4.66. The van der Waals surface area contributed by atoms with Crippen LogP contribution in [0.25, 0.3) is 0 Å². The smallest absolute Gasteiger partial charge is 0.285 e. The van der Waals surface area contributed by atoms with E-state index in [1.54, 1.807) is 18.2 Å². The molecule has 0 radical (unpaired) electrons. The third kappa shape index (κ3) is 3.01. The molecule has 0 amide bonds. The number of hydrogen-bond donors (Lipinski definition) is 1. The second kappa shape index (κ2) is 6.25. The van der Waals surface area contributed by atoms with Crippen molar-refractivity contribution >= 4 is 16.5 Å². The number of nitro benzene ring substituents is 1. The lowest BCUT2D eigenvalue weighted by molar-refractivity contribution is -0.387. The van der Waals surface area contributed by atoms with Crippen LogP contribution in [0.4, 0.5) is 5.69 Å². The van der Waals surface area contributed by atoms with Gasteiger partial charge in [0.05, 0.1) is 21.0 Å². The van der Waals surface area contributed by atoms with Gasteiger partial charge in [0, 0.05) is 12.1 Å². The van der Waals surface area contributed by atoms with Crippen molar-refractivity contribution < 1.29 is 9.13 Å². The first kappa shape index (κ1) is 14.1. The largest absolute Gasteiger partial charge is 0.313 e. The van der Waals surface area contributed by atoms with Crippen LogP contribution in [0.5, 0.6) is 0 Å². The summed E-state index contributed by atoms with van der Waals surface area (Å²) >= 11 is 0. The van der Waals surface area contributed by atoms with Crippen LogP contribution in [0.3, 0.4) is 0 Å².